The molecule has 3 aromatic rings. The molecule has 0 spiro atoms. The normalized spacial score (nSPS) is 14.0. The summed E-state index contributed by atoms with van der Waals surface area (Å²) >= 11 is 1.33. The van der Waals surface area contributed by atoms with E-state index >= 15 is 0 Å². The number of para-hydroxylation sites is 1. The second kappa shape index (κ2) is 9.09. The van der Waals surface area contributed by atoms with Gasteiger partial charge in [0.1, 0.15) is 5.82 Å². The summed E-state index contributed by atoms with van der Waals surface area (Å²) < 4.78 is 15.0. The molecule has 1 aliphatic heterocycles. The van der Waals surface area contributed by atoms with E-state index < -0.39 is 0 Å². The first-order valence-corrected chi connectivity index (χ1v) is 10.6. The zero-order chi connectivity index (χ0) is 20.1. The van der Waals surface area contributed by atoms with Crippen LogP contribution in [0.1, 0.15) is 19.3 Å². The number of hydrogen-bond donors (Lipinski definition) is 1. The van der Waals surface area contributed by atoms with Crippen molar-refractivity contribution in [2.24, 2.45) is 0 Å². The summed E-state index contributed by atoms with van der Waals surface area (Å²) in [6.07, 6.45) is 3.52. The van der Waals surface area contributed by atoms with Crippen molar-refractivity contribution in [2.75, 3.05) is 29.1 Å². The molecule has 0 bridgehead atoms. The summed E-state index contributed by atoms with van der Waals surface area (Å²) in [5, 5.41) is 12.2. The van der Waals surface area contributed by atoms with Crippen LogP contribution in [-0.2, 0) is 4.79 Å². The summed E-state index contributed by atoms with van der Waals surface area (Å²) in [6.45, 7) is 1.92. The quantitative estimate of drug-likeness (QED) is 0.618. The van der Waals surface area contributed by atoms with Crippen LogP contribution in [0.25, 0.3) is 5.69 Å². The summed E-state index contributed by atoms with van der Waals surface area (Å²) in [5.41, 5.74) is 1.54. The van der Waals surface area contributed by atoms with Crippen molar-refractivity contribution in [3.05, 3.63) is 60.4 Å². The Labute approximate surface area is 173 Å². The maximum atomic E-state index is 13.0. The minimum atomic E-state index is -0.335. The van der Waals surface area contributed by atoms with Gasteiger partial charge in [0, 0.05) is 18.8 Å². The monoisotopic (exact) mass is 411 g/mol. The molecule has 1 saturated heterocycles. The summed E-state index contributed by atoms with van der Waals surface area (Å²) in [5.74, 6) is 0.488. The van der Waals surface area contributed by atoms with Gasteiger partial charge in [0.05, 0.1) is 11.4 Å². The molecule has 2 heterocycles. The third-order valence-corrected chi connectivity index (χ3v) is 5.66. The average Bonchev–Trinajstić information content (AvgIpc) is 3.19. The molecule has 29 heavy (non-hydrogen) atoms. The number of piperidine rings is 1. The van der Waals surface area contributed by atoms with Crippen LogP contribution in [0.15, 0.2) is 59.8 Å². The van der Waals surface area contributed by atoms with Crippen LogP contribution in [0.5, 0.6) is 0 Å². The molecule has 1 aromatic heterocycles. The number of halogens is 1. The van der Waals surface area contributed by atoms with Crippen molar-refractivity contribution in [2.45, 2.75) is 24.4 Å². The minimum Gasteiger partial charge on any atom is -0.341 e. The molecule has 1 aliphatic rings. The van der Waals surface area contributed by atoms with E-state index in [1.807, 2.05) is 34.9 Å². The Balaban J connectivity index is 1.51. The molecule has 6 nitrogen and oxygen atoms in total. The molecule has 0 radical (unpaired) electrons. The van der Waals surface area contributed by atoms with Gasteiger partial charge in [0.25, 0.3) is 0 Å². The SMILES string of the molecule is O=C(CSc1nnc(N2CCCCC2)n1-c1ccccc1)Nc1ccc(F)cc1. The molecule has 1 amide bonds. The highest BCUT2D eigenvalue weighted by atomic mass is 32.2. The number of hydrogen-bond acceptors (Lipinski definition) is 5. The zero-order valence-electron chi connectivity index (χ0n) is 15.9. The molecule has 150 valence electrons. The average molecular weight is 412 g/mol. The number of aromatic nitrogens is 3. The van der Waals surface area contributed by atoms with Crippen LogP contribution in [0, 0.1) is 5.82 Å². The summed E-state index contributed by atoms with van der Waals surface area (Å²) in [6, 6.07) is 15.7. The first-order valence-electron chi connectivity index (χ1n) is 9.65. The van der Waals surface area contributed by atoms with Gasteiger partial charge in [-0.25, -0.2) is 4.39 Å². The van der Waals surface area contributed by atoms with E-state index in [4.69, 9.17) is 0 Å². The molecular formula is C21H22FN5OS. The molecular weight excluding hydrogens is 389 g/mol. The van der Waals surface area contributed by atoms with Crippen molar-refractivity contribution in [3.63, 3.8) is 0 Å². The zero-order valence-corrected chi connectivity index (χ0v) is 16.7. The molecule has 0 saturated carbocycles. The number of anilines is 2. The van der Waals surface area contributed by atoms with Crippen molar-refractivity contribution in [1.82, 2.24) is 14.8 Å². The van der Waals surface area contributed by atoms with Crippen LogP contribution in [0.4, 0.5) is 16.0 Å². The van der Waals surface area contributed by atoms with E-state index in [-0.39, 0.29) is 17.5 Å². The van der Waals surface area contributed by atoms with Crippen LogP contribution in [-0.4, -0.2) is 39.5 Å². The Morgan fingerprint density at radius 1 is 1.00 bits per heavy atom. The third-order valence-electron chi connectivity index (χ3n) is 4.73. The number of carbonyl (C=O) groups is 1. The van der Waals surface area contributed by atoms with Gasteiger partial charge < -0.3 is 10.2 Å². The lowest BCUT2D eigenvalue weighted by molar-refractivity contribution is -0.113. The Kier molecular flexibility index (Phi) is 6.09. The molecule has 2 aromatic carbocycles. The highest BCUT2D eigenvalue weighted by molar-refractivity contribution is 7.99. The number of amides is 1. The topological polar surface area (TPSA) is 63.1 Å². The van der Waals surface area contributed by atoms with E-state index in [1.54, 1.807) is 12.1 Å². The van der Waals surface area contributed by atoms with Gasteiger partial charge in [0.2, 0.25) is 11.9 Å². The number of rotatable bonds is 6. The lowest BCUT2D eigenvalue weighted by Crippen LogP contribution is -2.31. The van der Waals surface area contributed by atoms with Crippen LogP contribution in [0.2, 0.25) is 0 Å². The Morgan fingerprint density at radius 3 is 2.45 bits per heavy atom. The third kappa shape index (κ3) is 4.76. The molecule has 1 fully saturated rings. The van der Waals surface area contributed by atoms with Gasteiger partial charge in [-0.1, -0.05) is 30.0 Å². The highest BCUT2D eigenvalue weighted by Gasteiger charge is 2.22. The summed E-state index contributed by atoms with van der Waals surface area (Å²) in [4.78, 5) is 14.6. The molecule has 0 aliphatic carbocycles. The van der Waals surface area contributed by atoms with Crippen LogP contribution in [0.3, 0.4) is 0 Å². The predicted octanol–water partition coefficient (Wildman–Crippen LogP) is 4.13. The smallest absolute Gasteiger partial charge is 0.234 e. The van der Waals surface area contributed by atoms with Crippen molar-refractivity contribution in [3.8, 4) is 5.69 Å². The molecule has 8 heteroatoms. The van der Waals surface area contributed by atoms with E-state index in [1.165, 1.54) is 30.3 Å². The molecule has 0 atom stereocenters. The molecule has 4 rings (SSSR count). The second-order valence-corrected chi connectivity index (χ2v) is 7.79. The first kappa shape index (κ1) is 19.4. The van der Waals surface area contributed by atoms with Gasteiger partial charge in [-0.2, -0.15) is 0 Å². The minimum absolute atomic E-state index is 0.177. The predicted molar refractivity (Wildman–Crippen MR) is 113 cm³/mol. The number of nitrogens with one attached hydrogen (secondary N) is 1. The maximum Gasteiger partial charge on any atom is 0.234 e. The number of carbonyl (C=O) groups excluding carboxylic acids is 1. The second-order valence-electron chi connectivity index (χ2n) is 6.84. The molecule has 1 N–H and O–H groups in total. The largest absolute Gasteiger partial charge is 0.341 e. The van der Waals surface area contributed by atoms with E-state index in [2.05, 4.69) is 20.4 Å². The van der Waals surface area contributed by atoms with E-state index in [0.29, 0.717) is 10.8 Å². The van der Waals surface area contributed by atoms with E-state index in [0.717, 1.165) is 37.6 Å². The Morgan fingerprint density at radius 2 is 1.72 bits per heavy atom. The van der Waals surface area contributed by atoms with Crippen molar-refractivity contribution in [1.29, 1.82) is 0 Å². The van der Waals surface area contributed by atoms with Gasteiger partial charge in [-0.15, -0.1) is 10.2 Å². The van der Waals surface area contributed by atoms with E-state index in [9.17, 15) is 9.18 Å². The van der Waals surface area contributed by atoms with Gasteiger partial charge in [-0.3, -0.25) is 9.36 Å². The number of thioether (sulfide) groups is 1. The number of nitrogens with zero attached hydrogens (tertiary/aromatic N) is 4. The van der Waals surface area contributed by atoms with Crippen LogP contribution < -0.4 is 10.2 Å². The van der Waals surface area contributed by atoms with Gasteiger partial charge >= 0.3 is 0 Å². The Hall–Kier alpha value is -2.87. The standard InChI is InChI=1S/C21H22FN5OS/c22-16-9-11-17(12-10-16)23-19(28)15-29-21-25-24-20(26-13-5-2-6-14-26)27(21)18-7-3-1-4-8-18/h1,3-4,7-12H,2,5-6,13-15H2,(H,23,28). The fraction of sp³-hybridized carbons (Fsp3) is 0.286. The first-order chi connectivity index (χ1) is 14.2. The highest BCUT2D eigenvalue weighted by Crippen LogP contribution is 2.28. The van der Waals surface area contributed by atoms with Crippen LogP contribution >= 0.6 is 11.8 Å². The number of benzene rings is 2. The lowest BCUT2D eigenvalue weighted by Gasteiger charge is -2.27. The van der Waals surface area contributed by atoms with Crippen molar-refractivity contribution < 1.29 is 9.18 Å². The summed E-state index contributed by atoms with van der Waals surface area (Å²) in [7, 11) is 0. The maximum absolute atomic E-state index is 13.0. The molecule has 0 unspecified atom stereocenters. The van der Waals surface area contributed by atoms with Crippen molar-refractivity contribution >= 4 is 29.3 Å². The van der Waals surface area contributed by atoms with Gasteiger partial charge in [-0.05, 0) is 55.7 Å². The fourth-order valence-corrected chi connectivity index (χ4v) is 4.06. The van der Waals surface area contributed by atoms with Gasteiger partial charge in [0.15, 0.2) is 5.16 Å². The lowest BCUT2D eigenvalue weighted by atomic mass is 10.1. The Bertz CT molecular complexity index is 955. The fourth-order valence-electron chi connectivity index (χ4n) is 3.32.